The molecular formula is C17H19N7S2. The van der Waals surface area contributed by atoms with Gasteiger partial charge in [-0.25, -0.2) is 0 Å². The molecule has 0 spiro atoms. The summed E-state index contributed by atoms with van der Waals surface area (Å²) in [7, 11) is 0. The van der Waals surface area contributed by atoms with Crippen LogP contribution in [0.25, 0.3) is 11.4 Å². The van der Waals surface area contributed by atoms with Crippen molar-refractivity contribution in [3.05, 3.63) is 30.4 Å². The Labute approximate surface area is 160 Å². The Hall–Kier alpha value is -1.87. The van der Waals surface area contributed by atoms with E-state index in [-0.39, 0.29) is 0 Å². The van der Waals surface area contributed by atoms with Gasteiger partial charge in [0.2, 0.25) is 0 Å². The Morgan fingerprint density at radius 3 is 3.04 bits per heavy atom. The second-order valence-corrected chi connectivity index (χ2v) is 8.83. The zero-order valence-corrected chi connectivity index (χ0v) is 15.9. The molecule has 0 unspecified atom stereocenters. The maximum atomic E-state index is 4.43. The smallest absolute Gasteiger partial charge is 0.191 e. The van der Waals surface area contributed by atoms with Crippen molar-refractivity contribution in [2.45, 2.75) is 54.3 Å². The third-order valence-electron chi connectivity index (χ3n) is 4.77. The highest BCUT2D eigenvalue weighted by Crippen LogP contribution is 2.37. The van der Waals surface area contributed by atoms with Gasteiger partial charge in [-0.05, 0) is 25.0 Å². The minimum absolute atomic E-state index is 0.472. The summed E-state index contributed by atoms with van der Waals surface area (Å²) in [4.78, 5) is 4.19. The van der Waals surface area contributed by atoms with Crippen LogP contribution >= 0.6 is 23.5 Å². The average Bonchev–Trinajstić information content (AvgIpc) is 3.30. The highest BCUT2D eigenvalue weighted by Gasteiger charge is 2.28. The molecule has 0 aromatic carbocycles. The molecule has 0 bridgehead atoms. The van der Waals surface area contributed by atoms with Crippen molar-refractivity contribution in [1.82, 2.24) is 34.5 Å². The van der Waals surface area contributed by atoms with Gasteiger partial charge in [-0.3, -0.25) is 4.98 Å². The van der Waals surface area contributed by atoms with Crippen LogP contribution in [0.4, 0.5) is 0 Å². The van der Waals surface area contributed by atoms with Crippen LogP contribution in [0.1, 0.15) is 25.1 Å². The first-order valence-corrected chi connectivity index (χ1v) is 10.8. The van der Waals surface area contributed by atoms with Crippen molar-refractivity contribution < 1.29 is 0 Å². The van der Waals surface area contributed by atoms with E-state index < -0.39 is 0 Å². The summed E-state index contributed by atoms with van der Waals surface area (Å²) in [6, 6.07) is 3.96. The topological polar surface area (TPSA) is 74.3 Å². The molecule has 0 saturated carbocycles. The molecule has 0 fully saturated rings. The summed E-state index contributed by atoms with van der Waals surface area (Å²) in [6.07, 6.45) is 8.42. The zero-order valence-electron chi connectivity index (χ0n) is 14.3. The number of pyridine rings is 1. The van der Waals surface area contributed by atoms with Crippen LogP contribution in [0.3, 0.4) is 0 Å². The molecule has 5 rings (SSSR count). The van der Waals surface area contributed by atoms with Crippen LogP contribution in [0.2, 0.25) is 0 Å². The first kappa shape index (κ1) is 16.3. The highest BCUT2D eigenvalue weighted by molar-refractivity contribution is 8.03. The number of nitrogens with zero attached hydrogens (tertiary/aromatic N) is 7. The van der Waals surface area contributed by atoms with Gasteiger partial charge in [0, 0.05) is 48.5 Å². The van der Waals surface area contributed by atoms with Crippen molar-refractivity contribution >= 4 is 23.5 Å². The molecule has 7 nitrogen and oxygen atoms in total. The van der Waals surface area contributed by atoms with Crippen molar-refractivity contribution in [3.8, 4) is 11.4 Å². The monoisotopic (exact) mass is 385 g/mol. The molecule has 26 heavy (non-hydrogen) atoms. The SMILES string of the molecule is c1cncc(-c2nnc3n2C[C@@H](CSc2nnc4n2CCCCC4)S3)c1. The van der Waals surface area contributed by atoms with Crippen molar-refractivity contribution in [3.63, 3.8) is 0 Å². The molecule has 134 valence electrons. The lowest BCUT2D eigenvalue weighted by Crippen LogP contribution is -2.11. The molecule has 0 amide bonds. The molecule has 0 radical (unpaired) electrons. The molecule has 0 aliphatic carbocycles. The first-order chi connectivity index (χ1) is 12.9. The minimum Gasteiger partial charge on any atom is -0.306 e. The fourth-order valence-corrected chi connectivity index (χ4v) is 5.72. The van der Waals surface area contributed by atoms with Gasteiger partial charge < -0.3 is 9.13 Å². The number of aryl methyl sites for hydroxylation is 1. The second-order valence-electron chi connectivity index (χ2n) is 6.57. The van der Waals surface area contributed by atoms with Gasteiger partial charge in [-0.1, -0.05) is 29.9 Å². The second kappa shape index (κ2) is 7.03. The Morgan fingerprint density at radius 1 is 1.12 bits per heavy atom. The van der Waals surface area contributed by atoms with Crippen LogP contribution in [-0.2, 0) is 19.5 Å². The maximum Gasteiger partial charge on any atom is 0.191 e. The van der Waals surface area contributed by atoms with E-state index in [1.807, 2.05) is 30.1 Å². The van der Waals surface area contributed by atoms with Crippen LogP contribution in [0.5, 0.6) is 0 Å². The van der Waals surface area contributed by atoms with Crippen LogP contribution in [0, 0.1) is 0 Å². The average molecular weight is 386 g/mol. The van der Waals surface area contributed by atoms with Gasteiger partial charge in [-0.2, -0.15) is 0 Å². The number of fused-ring (bicyclic) bond motifs is 2. The van der Waals surface area contributed by atoms with E-state index in [1.54, 1.807) is 18.0 Å². The van der Waals surface area contributed by atoms with Gasteiger partial charge in [-0.15, -0.1) is 20.4 Å². The standard InChI is InChI=1S/C17H19N7S2/c1-2-6-14-19-21-16(23(14)8-3-1)25-11-13-10-24-15(20-22-17(24)26-13)12-5-4-7-18-9-12/h4-5,7,9,13H,1-3,6,8,10-11H2/t13-/m0/s1. The Kier molecular flexibility index (Phi) is 4.41. The summed E-state index contributed by atoms with van der Waals surface area (Å²) in [5.41, 5.74) is 1.02. The molecule has 1 atom stereocenters. The van der Waals surface area contributed by atoms with E-state index in [9.17, 15) is 0 Å². The fourth-order valence-electron chi connectivity index (χ4n) is 3.46. The highest BCUT2D eigenvalue weighted by atomic mass is 32.2. The predicted octanol–water partition coefficient (Wildman–Crippen LogP) is 2.92. The number of thioether (sulfide) groups is 2. The minimum atomic E-state index is 0.472. The van der Waals surface area contributed by atoms with Crippen molar-refractivity contribution in [2.75, 3.05) is 5.75 Å². The largest absolute Gasteiger partial charge is 0.306 e. The lowest BCUT2D eigenvalue weighted by molar-refractivity contribution is 0.590. The first-order valence-electron chi connectivity index (χ1n) is 8.93. The number of aromatic nitrogens is 7. The van der Waals surface area contributed by atoms with Gasteiger partial charge in [0.1, 0.15) is 5.82 Å². The van der Waals surface area contributed by atoms with Crippen LogP contribution in [0.15, 0.2) is 34.8 Å². The Bertz CT molecular complexity index is 905. The van der Waals surface area contributed by atoms with Crippen LogP contribution < -0.4 is 0 Å². The van der Waals surface area contributed by atoms with Crippen molar-refractivity contribution in [1.29, 1.82) is 0 Å². The van der Waals surface area contributed by atoms with Gasteiger partial charge in [0.25, 0.3) is 0 Å². The summed E-state index contributed by atoms with van der Waals surface area (Å²) < 4.78 is 4.52. The van der Waals surface area contributed by atoms with Gasteiger partial charge >= 0.3 is 0 Å². The molecule has 9 heteroatoms. The van der Waals surface area contributed by atoms with E-state index >= 15 is 0 Å². The molecule has 3 aromatic heterocycles. The quantitative estimate of drug-likeness (QED) is 0.639. The zero-order chi connectivity index (χ0) is 17.3. The summed E-state index contributed by atoms with van der Waals surface area (Å²) in [6.45, 7) is 1.98. The molecule has 5 heterocycles. The Morgan fingerprint density at radius 2 is 2.12 bits per heavy atom. The molecule has 2 aliphatic rings. The maximum absolute atomic E-state index is 4.43. The van der Waals surface area contributed by atoms with E-state index in [4.69, 9.17) is 0 Å². The summed E-state index contributed by atoms with van der Waals surface area (Å²) in [5.74, 6) is 3.06. The Balaban J connectivity index is 1.27. The normalized spacial score (nSPS) is 19.2. The molecule has 0 N–H and O–H groups in total. The molecule has 2 aliphatic heterocycles. The fraction of sp³-hybridized carbons (Fsp3) is 0.471. The summed E-state index contributed by atoms with van der Waals surface area (Å²) >= 11 is 3.62. The predicted molar refractivity (Wildman–Crippen MR) is 101 cm³/mol. The van der Waals surface area contributed by atoms with Crippen LogP contribution in [-0.4, -0.2) is 45.5 Å². The van der Waals surface area contributed by atoms with E-state index in [0.29, 0.717) is 5.25 Å². The third-order valence-corrected chi connectivity index (χ3v) is 7.27. The molecular weight excluding hydrogens is 366 g/mol. The van der Waals surface area contributed by atoms with Gasteiger partial charge in [0.05, 0.1) is 0 Å². The van der Waals surface area contributed by atoms with E-state index in [2.05, 4.69) is 34.5 Å². The lowest BCUT2D eigenvalue weighted by Gasteiger charge is -2.10. The molecule has 0 saturated heterocycles. The number of hydrogen-bond acceptors (Lipinski definition) is 7. The van der Waals surface area contributed by atoms with E-state index in [0.717, 1.165) is 52.8 Å². The van der Waals surface area contributed by atoms with Gasteiger partial charge in [0.15, 0.2) is 16.1 Å². The van der Waals surface area contributed by atoms with Crippen molar-refractivity contribution in [2.24, 2.45) is 0 Å². The van der Waals surface area contributed by atoms with E-state index in [1.165, 1.54) is 19.3 Å². The summed E-state index contributed by atoms with van der Waals surface area (Å²) in [5, 5.41) is 20.1. The third kappa shape index (κ3) is 3.03. The lowest BCUT2D eigenvalue weighted by atomic mass is 10.2. The molecule has 3 aromatic rings. The number of rotatable bonds is 4. The number of hydrogen-bond donors (Lipinski definition) is 0.